The number of rotatable bonds is 8. The van der Waals surface area contributed by atoms with Crippen molar-refractivity contribution in [2.45, 2.75) is 45.1 Å². The summed E-state index contributed by atoms with van der Waals surface area (Å²) >= 11 is 12.5. The molecule has 3 aromatic carbocycles. The third-order valence-electron chi connectivity index (χ3n) is 7.61. The zero-order valence-electron chi connectivity index (χ0n) is 22.3. The first kappa shape index (κ1) is 28.1. The number of hydrogen-bond donors (Lipinski definition) is 2. The Labute approximate surface area is 242 Å². The van der Waals surface area contributed by atoms with Crippen molar-refractivity contribution in [3.63, 3.8) is 0 Å². The summed E-state index contributed by atoms with van der Waals surface area (Å²) in [6.45, 7) is 0.891. The van der Waals surface area contributed by atoms with Crippen molar-refractivity contribution < 1.29 is 14.0 Å². The van der Waals surface area contributed by atoms with Crippen LogP contribution in [0.15, 0.2) is 54.6 Å². The van der Waals surface area contributed by atoms with Gasteiger partial charge in [0.2, 0.25) is 0 Å². The van der Waals surface area contributed by atoms with Crippen molar-refractivity contribution in [2.75, 3.05) is 6.54 Å². The first-order valence-corrected chi connectivity index (χ1v) is 14.3. The normalized spacial score (nSPS) is 13.9. The molecule has 1 aliphatic carbocycles. The predicted molar refractivity (Wildman–Crippen MR) is 156 cm³/mol. The van der Waals surface area contributed by atoms with Crippen molar-refractivity contribution in [3.05, 3.63) is 98.5 Å². The van der Waals surface area contributed by atoms with Gasteiger partial charge in [0.1, 0.15) is 11.6 Å². The van der Waals surface area contributed by atoms with Crippen molar-refractivity contribution in [2.24, 2.45) is 13.0 Å². The average molecular weight is 582 g/mol. The Morgan fingerprint density at radius 1 is 0.975 bits per heavy atom. The van der Waals surface area contributed by atoms with Crippen LogP contribution in [0.2, 0.25) is 10.0 Å². The van der Waals surface area contributed by atoms with Gasteiger partial charge in [0.15, 0.2) is 0 Å². The van der Waals surface area contributed by atoms with E-state index in [9.17, 15) is 14.0 Å². The van der Waals surface area contributed by atoms with Crippen LogP contribution < -0.4 is 10.6 Å². The molecule has 1 aliphatic rings. The molecule has 6 nitrogen and oxygen atoms in total. The average Bonchev–Trinajstić information content (AvgIpc) is 3.26. The second kappa shape index (κ2) is 12.4. The number of aromatic nitrogens is 2. The van der Waals surface area contributed by atoms with Gasteiger partial charge < -0.3 is 15.2 Å². The number of hydrogen-bond acceptors (Lipinski definition) is 3. The molecule has 0 aliphatic heterocycles. The lowest BCUT2D eigenvalue weighted by atomic mass is 9.89. The number of nitrogens with one attached hydrogen (secondary N) is 2. The summed E-state index contributed by atoms with van der Waals surface area (Å²) < 4.78 is 16.1. The number of fused-ring (bicyclic) bond motifs is 1. The number of imidazole rings is 1. The Morgan fingerprint density at radius 2 is 1.77 bits per heavy atom. The summed E-state index contributed by atoms with van der Waals surface area (Å²) in [6, 6.07) is 15.2. The van der Waals surface area contributed by atoms with E-state index in [1.807, 2.05) is 41.9 Å². The van der Waals surface area contributed by atoms with Crippen LogP contribution in [0.1, 0.15) is 69.8 Å². The van der Waals surface area contributed by atoms with E-state index in [0.29, 0.717) is 29.5 Å². The second-order valence-electron chi connectivity index (χ2n) is 10.4. The van der Waals surface area contributed by atoms with Crippen molar-refractivity contribution in [1.29, 1.82) is 0 Å². The molecular formula is C31H31Cl2FN4O2. The predicted octanol–water partition coefficient (Wildman–Crippen LogP) is 6.85. The second-order valence-corrected chi connectivity index (χ2v) is 11.2. The van der Waals surface area contributed by atoms with Crippen molar-refractivity contribution in [3.8, 4) is 0 Å². The first-order valence-electron chi connectivity index (χ1n) is 13.5. The van der Waals surface area contributed by atoms with E-state index < -0.39 is 11.7 Å². The van der Waals surface area contributed by atoms with E-state index in [-0.39, 0.29) is 23.0 Å². The zero-order chi connectivity index (χ0) is 28.2. The van der Waals surface area contributed by atoms with E-state index in [2.05, 4.69) is 10.6 Å². The van der Waals surface area contributed by atoms with Gasteiger partial charge in [-0.1, -0.05) is 60.7 Å². The smallest absolute Gasteiger partial charge is 0.256 e. The molecule has 9 heteroatoms. The van der Waals surface area contributed by atoms with Crippen LogP contribution in [0.5, 0.6) is 0 Å². The molecule has 1 aromatic heterocycles. The van der Waals surface area contributed by atoms with E-state index in [4.69, 9.17) is 28.2 Å². The Kier molecular flexibility index (Phi) is 8.72. The molecule has 5 rings (SSSR count). The fourth-order valence-corrected chi connectivity index (χ4v) is 5.74. The number of halogens is 3. The molecular weight excluding hydrogens is 550 g/mol. The van der Waals surface area contributed by atoms with Crippen LogP contribution in [-0.2, 0) is 20.0 Å². The van der Waals surface area contributed by atoms with Crippen molar-refractivity contribution in [1.82, 2.24) is 20.2 Å². The number of nitrogens with zero attached hydrogens (tertiary/aromatic N) is 2. The molecule has 1 fully saturated rings. The lowest BCUT2D eigenvalue weighted by molar-refractivity contribution is 0.0937. The van der Waals surface area contributed by atoms with Gasteiger partial charge in [-0.2, -0.15) is 0 Å². The third-order valence-corrected chi connectivity index (χ3v) is 8.30. The minimum Gasteiger partial charge on any atom is -0.352 e. The van der Waals surface area contributed by atoms with Crippen LogP contribution in [0.25, 0.3) is 11.0 Å². The van der Waals surface area contributed by atoms with E-state index in [1.54, 1.807) is 6.07 Å². The molecule has 0 radical (unpaired) electrons. The summed E-state index contributed by atoms with van der Waals surface area (Å²) in [6.07, 6.45) is 6.59. The maximum Gasteiger partial charge on any atom is 0.256 e. The maximum absolute atomic E-state index is 14.1. The van der Waals surface area contributed by atoms with Crippen LogP contribution in [0.4, 0.5) is 4.39 Å². The van der Waals surface area contributed by atoms with E-state index in [1.165, 1.54) is 50.3 Å². The van der Waals surface area contributed by atoms with Gasteiger partial charge in [-0.25, -0.2) is 9.37 Å². The number of carbonyl (C=O) groups is 2. The fraction of sp³-hybridized carbons (Fsp3) is 0.323. The van der Waals surface area contributed by atoms with E-state index >= 15 is 0 Å². The standard InChI is InChI=1S/C31H31Cl2FN4O2/c1-38-27-13-11-21(30(39)35-17-19-6-3-2-4-7-19)15-26(27)37-28(38)16-22-14-20(10-12-23(22)32)18-36-31(40)29-24(33)8-5-9-25(29)34/h5,8-15,19H,2-4,6-7,16-18H2,1H3,(H,35,39)(H,36,40). The Bertz CT molecular complexity index is 1540. The minimum absolute atomic E-state index is 0.0565. The highest BCUT2D eigenvalue weighted by Crippen LogP contribution is 2.25. The molecule has 4 aromatic rings. The van der Waals surface area contributed by atoms with Crippen LogP contribution >= 0.6 is 23.2 Å². The van der Waals surface area contributed by atoms with Crippen molar-refractivity contribution >= 4 is 46.0 Å². The molecule has 0 spiro atoms. The molecule has 40 heavy (non-hydrogen) atoms. The number of aryl methyl sites for hydroxylation is 1. The number of carbonyl (C=O) groups excluding carboxylic acids is 2. The van der Waals surface area contributed by atoms with Gasteiger partial charge in [0.25, 0.3) is 11.8 Å². The van der Waals surface area contributed by atoms with Gasteiger partial charge in [0, 0.05) is 37.1 Å². The Morgan fingerprint density at radius 3 is 2.55 bits per heavy atom. The quantitative estimate of drug-likeness (QED) is 0.239. The van der Waals surface area contributed by atoms with Gasteiger partial charge in [-0.15, -0.1) is 0 Å². The van der Waals surface area contributed by atoms with Gasteiger partial charge in [-0.3, -0.25) is 9.59 Å². The van der Waals surface area contributed by atoms with Gasteiger partial charge in [0.05, 0.1) is 21.6 Å². The molecule has 208 valence electrons. The Hall–Kier alpha value is -3.42. The van der Waals surface area contributed by atoms with Crippen LogP contribution in [0, 0.1) is 11.7 Å². The van der Waals surface area contributed by atoms with Crippen LogP contribution in [-0.4, -0.2) is 27.9 Å². The zero-order valence-corrected chi connectivity index (χ0v) is 23.8. The van der Waals surface area contributed by atoms with Gasteiger partial charge in [-0.05, 0) is 66.3 Å². The SMILES string of the molecule is Cn1c(Cc2cc(CNC(=O)c3c(F)cccc3Cl)ccc2Cl)nc2cc(C(=O)NCC3CCCCC3)ccc21. The molecule has 2 amide bonds. The Balaban J connectivity index is 1.28. The first-order chi connectivity index (χ1) is 19.3. The van der Waals surface area contributed by atoms with E-state index in [0.717, 1.165) is 28.0 Å². The lowest BCUT2D eigenvalue weighted by Crippen LogP contribution is -2.30. The molecule has 0 unspecified atom stereocenters. The highest BCUT2D eigenvalue weighted by Gasteiger charge is 2.18. The highest BCUT2D eigenvalue weighted by atomic mass is 35.5. The molecule has 0 saturated heterocycles. The summed E-state index contributed by atoms with van der Waals surface area (Å²) in [5.74, 6) is 0.0150. The number of amides is 2. The highest BCUT2D eigenvalue weighted by molar-refractivity contribution is 6.33. The maximum atomic E-state index is 14.1. The molecule has 0 bridgehead atoms. The molecule has 1 saturated carbocycles. The van der Waals surface area contributed by atoms with Crippen LogP contribution in [0.3, 0.4) is 0 Å². The largest absolute Gasteiger partial charge is 0.352 e. The minimum atomic E-state index is -0.673. The molecule has 2 N–H and O–H groups in total. The lowest BCUT2D eigenvalue weighted by Gasteiger charge is -2.21. The van der Waals surface area contributed by atoms with Gasteiger partial charge >= 0.3 is 0 Å². The molecule has 0 atom stereocenters. The summed E-state index contributed by atoms with van der Waals surface area (Å²) in [4.78, 5) is 30.2. The topological polar surface area (TPSA) is 76.0 Å². The third kappa shape index (κ3) is 6.31. The summed E-state index contributed by atoms with van der Waals surface area (Å²) in [5.41, 5.74) is 3.71. The fourth-order valence-electron chi connectivity index (χ4n) is 5.31. The summed E-state index contributed by atoms with van der Waals surface area (Å²) in [7, 11) is 1.93. The monoisotopic (exact) mass is 580 g/mol. The molecule has 1 heterocycles. The number of benzene rings is 3. The summed E-state index contributed by atoms with van der Waals surface area (Å²) in [5, 5.41) is 6.45.